The van der Waals surface area contributed by atoms with Gasteiger partial charge in [0.2, 0.25) is 0 Å². The van der Waals surface area contributed by atoms with Crippen molar-refractivity contribution >= 4 is 10.2 Å². The molecule has 2 aliphatic heterocycles. The summed E-state index contributed by atoms with van der Waals surface area (Å²) < 4.78 is 28.6. The van der Waals surface area contributed by atoms with Crippen LogP contribution in [0.25, 0.3) is 0 Å². The highest BCUT2D eigenvalue weighted by molar-refractivity contribution is 7.86. The molecular weight excluding hydrogens is 250 g/mol. The second-order valence-corrected chi connectivity index (χ2v) is 7.32. The van der Waals surface area contributed by atoms with Gasteiger partial charge in [0.05, 0.1) is 0 Å². The Kier molecular flexibility index (Phi) is 4.64. The lowest BCUT2D eigenvalue weighted by Crippen LogP contribution is -2.51. The molecule has 2 fully saturated rings. The van der Waals surface area contributed by atoms with Crippen molar-refractivity contribution in [3.63, 3.8) is 0 Å². The van der Waals surface area contributed by atoms with Gasteiger partial charge in [-0.2, -0.15) is 17.0 Å². The molecule has 2 heterocycles. The Labute approximate surface area is 111 Å². The smallest absolute Gasteiger partial charge is 0.282 e. The summed E-state index contributed by atoms with van der Waals surface area (Å²) in [5.74, 6) is 0.652. The first-order valence-corrected chi connectivity index (χ1v) is 8.43. The highest BCUT2D eigenvalue weighted by Gasteiger charge is 2.36. The molecule has 2 saturated heterocycles. The van der Waals surface area contributed by atoms with E-state index in [-0.39, 0.29) is 6.04 Å². The lowest BCUT2D eigenvalue weighted by molar-refractivity contribution is 0.251. The molecule has 0 radical (unpaired) electrons. The Bertz CT molecular complexity index is 358. The van der Waals surface area contributed by atoms with Crippen LogP contribution in [-0.4, -0.2) is 55.8 Å². The molecule has 0 aromatic heterocycles. The van der Waals surface area contributed by atoms with E-state index in [0.717, 1.165) is 32.4 Å². The predicted molar refractivity (Wildman–Crippen MR) is 72.5 cm³/mol. The number of rotatable bonds is 4. The van der Waals surface area contributed by atoms with Crippen LogP contribution in [0.2, 0.25) is 0 Å². The summed E-state index contributed by atoms with van der Waals surface area (Å²) in [7, 11) is -3.25. The van der Waals surface area contributed by atoms with E-state index < -0.39 is 10.2 Å². The Morgan fingerprint density at radius 2 is 1.94 bits per heavy atom. The molecule has 0 aliphatic carbocycles. The SMILES string of the molecule is CCN(C1CCNC1)S(=O)(=O)N1CCC(C)CC1. The first-order valence-electron chi connectivity index (χ1n) is 7.03. The normalized spacial score (nSPS) is 28.1. The molecule has 0 saturated carbocycles. The summed E-state index contributed by atoms with van der Waals surface area (Å²) in [6.07, 6.45) is 2.90. The zero-order chi connectivity index (χ0) is 13.2. The first-order chi connectivity index (χ1) is 8.55. The van der Waals surface area contributed by atoms with E-state index in [1.165, 1.54) is 0 Å². The standard InChI is InChI=1S/C12H25N3O2S/c1-3-15(12-4-7-13-10-12)18(16,17)14-8-5-11(2)6-9-14/h11-13H,3-10H2,1-2H3. The number of nitrogens with zero attached hydrogens (tertiary/aromatic N) is 2. The average Bonchev–Trinajstić information content (AvgIpc) is 2.84. The van der Waals surface area contributed by atoms with Gasteiger partial charge in [-0.25, -0.2) is 0 Å². The topological polar surface area (TPSA) is 52.7 Å². The molecule has 0 bridgehead atoms. The Morgan fingerprint density at radius 1 is 1.28 bits per heavy atom. The minimum absolute atomic E-state index is 0.138. The quantitative estimate of drug-likeness (QED) is 0.819. The first kappa shape index (κ1) is 14.2. The van der Waals surface area contributed by atoms with Crippen molar-refractivity contribution in [2.75, 3.05) is 32.7 Å². The van der Waals surface area contributed by atoms with Gasteiger partial charge in [-0.05, 0) is 31.7 Å². The fourth-order valence-electron chi connectivity index (χ4n) is 2.86. The molecule has 2 aliphatic rings. The van der Waals surface area contributed by atoms with Crippen LogP contribution in [0.15, 0.2) is 0 Å². The molecule has 6 heteroatoms. The number of piperidine rings is 1. The largest absolute Gasteiger partial charge is 0.315 e. The van der Waals surface area contributed by atoms with Gasteiger partial charge in [0.15, 0.2) is 0 Å². The molecule has 0 aromatic carbocycles. The van der Waals surface area contributed by atoms with Crippen LogP contribution in [0.3, 0.4) is 0 Å². The summed E-state index contributed by atoms with van der Waals surface area (Å²) in [5, 5.41) is 3.24. The third-order valence-corrected chi connectivity index (χ3v) is 6.29. The molecule has 0 aromatic rings. The van der Waals surface area contributed by atoms with Crippen LogP contribution < -0.4 is 5.32 Å². The molecular formula is C12H25N3O2S. The van der Waals surface area contributed by atoms with Gasteiger partial charge in [0.1, 0.15) is 0 Å². The van der Waals surface area contributed by atoms with Crippen LogP contribution in [-0.2, 0) is 10.2 Å². The van der Waals surface area contributed by atoms with Crippen molar-refractivity contribution in [1.82, 2.24) is 13.9 Å². The van der Waals surface area contributed by atoms with Gasteiger partial charge in [-0.15, -0.1) is 0 Å². The van der Waals surface area contributed by atoms with Gasteiger partial charge in [0.25, 0.3) is 10.2 Å². The summed E-state index contributed by atoms with van der Waals surface area (Å²) in [5.41, 5.74) is 0. The third-order valence-electron chi connectivity index (χ3n) is 4.12. The minimum atomic E-state index is -3.25. The van der Waals surface area contributed by atoms with E-state index in [2.05, 4.69) is 12.2 Å². The zero-order valence-electron chi connectivity index (χ0n) is 11.4. The summed E-state index contributed by atoms with van der Waals surface area (Å²) in [6.45, 7) is 7.77. The molecule has 2 rings (SSSR count). The monoisotopic (exact) mass is 275 g/mol. The van der Waals surface area contributed by atoms with Gasteiger partial charge in [0, 0.05) is 32.2 Å². The van der Waals surface area contributed by atoms with E-state index in [1.807, 2.05) is 6.92 Å². The Balaban J connectivity index is 2.07. The number of hydrogen-bond donors (Lipinski definition) is 1. The van der Waals surface area contributed by atoms with Crippen LogP contribution >= 0.6 is 0 Å². The zero-order valence-corrected chi connectivity index (χ0v) is 12.2. The minimum Gasteiger partial charge on any atom is -0.315 e. The van der Waals surface area contributed by atoms with Crippen molar-refractivity contribution in [1.29, 1.82) is 0 Å². The third kappa shape index (κ3) is 2.87. The Hall–Kier alpha value is -0.170. The van der Waals surface area contributed by atoms with Crippen molar-refractivity contribution in [2.24, 2.45) is 5.92 Å². The summed E-state index contributed by atoms with van der Waals surface area (Å²) in [6, 6.07) is 0.138. The molecule has 1 unspecified atom stereocenters. The second kappa shape index (κ2) is 5.86. The second-order valence-electron chi connectivity index (χ2n) is 5.44. The lowest BCUT2D eigenvalue weighted by atomic mass is 10.0. The van der Waals surface area contributed by atoms with Crippen molar-refractivity contribution in [3.05, 3.63) is 0 Å². The average molecular weight is 275 g/mol. The molecule has 0 spiro atoms. The van der Waals surface area contributed by atoms with Crippen LogP contribution in [0.5, 0.6) is 0 Å². The molecule has 1 N–H and O–H groups in total. The van der Waals surface area contributed by atoms with Crippen LogP contribution in [0, 0.1) is 5.92 Å². The maximum atomic E-state index is 12.6. The highest BCUT2D eigenvalue weighted by Crippen LogP contribution is 2.23. The van der Waals surface area contributed by atoms with Crippen molar-refractivity contribution in [3.8, 4) is 0 Å². The molecule has 106 valence electrons. The van der Waals surface area contributed by atoms with E-state index in [4.69, 9.17) is 0 Å². The van der Waals surface area contributed by atoms with Crippen molar-refractivity contribution in [2.45, 2.75) is 39.2 Å². The molecule has 0 amide bonds. The van der Waals surface area contributed by atoms with Gasteiger partial charge in [-0.3, -0.25) is 0 Å². The fourth-order valence-corrected chi connectivity index (χ4v) is 4.71. The van der Waals surface area contributed by atoms with Crippen LogP contribution in [0.1, 0.15) is 33.1 Å². The fraction of sp³-hybridized carbons (Fsp3) is 1.00. The van der Waals surface area contributed by atoms with Gasteiger partial charge in [-0.1, -0.05) is 13.8 Å². The summed E-state index contributed by atoms with van der Waals surface area (Å²) >= 11 is 0. The predicted octanol–water partition coefficient (Wildman–Crippen LogP) is 0.647. The Morgan fingerprint density at radius 3 is 2.44 bits per heavy atom. The van der Waals surface area contributed by atoms with Gasteiger partial charge < -0.3 is 5.32 Å². The van der Waals surface area contributed by atoms with E-state index in [9.17, 15) is 8.42 Å². The maximum Gasteiger partial charge on any atom is 0.282 e. The lowest BCUT2D eigenvalue weighted by Gasteiger charge is -2.35. The molecule has 18 heavy (non-hydrogen) atoms. The number of nitrogens with one attached hydrogen (secondary N) is 1. The molecule has 1 atom stereocenters. The summed E-state index contributed by atoms with van der Waals surface area (Å²) in [4.78, 5) is 0. The van der Waals surface area contributed by atoms with E-state index in [1.54, 1.807) is 8.61 Å². The van der Waals surface area contributed by atoms with Gasteiger partial charge >= 0.3 is 0 Å². The highest BCUT2D eigenvalue weighted by atomic mass is 32.2. The number of likely N-dealkylation sites (N-methyl/N-ethyl adjacent to an activating group) is 1. The van der Waals surface area contributed by atoms with E-state index >= 15 is 0 Å². The van der Waals surface area contributed by atoms with E-state index in [0.29, 0.717) is 25.6 Å². The maximum absolute atomic E-state index is 12.6. The molecule has 5 nitrogen and oxygen atoms in total. The van der Waals surface area contributed by atoms with Crippen molar-refractivity contribution < 1.29 is 8.42 Å². The van der Waals surface area contributed by atoms with Crippen LogP contribution in [0.4, 0.5) is 0 Å². The number of hydrogen-bond acceptors (Lipinski definition) is 3.